The number of hydrogen-bond donors (Lipinski definition) is 0. The Morgan fingerprint density at radius 2 is 2.38 bits per heavy atom. The van der Waals surface area contributed by atoms with E-state index >= 15 is 0 Å². The Morgan fingerprint density at radius 3 is 2.62 bits per heavy atom. The first-order valence-corrected chi connectivity index (χ1v) is 4.03. The van der Waals surface area contributed by atoms with Gasteiger partial charge in [-0.2, -0.15) is 0 Å². The molecule has 0 aromatic carbocycles. The molecule has 2 rings (SSSR count). The van der Waals surface area contributed by atoms with E-state index in [1.54, 1.807) is 0 Å². The van der Waals surface area contributed by atoms with Gasteiger partial charge in [-0.25, -0.2) is 0 Å². The highest BCUT2D eigenvalue weighted by atomic mass is 79.9. The first-order valence-electron chi connectivity index (χ1n) is 3.23. The molecule has 0 aromatic heterocycles. The molecule has 0 unspecified atom stereocenters. The summed E-state index contributed by atoms with van der Waals surface area (Å²) in [6.07, 6.45) is 6.69. The lowest BCUT2D eigenvalue weighted by atomic mass is 10.1. The van der Waals surface area contributed by atoms with Crippen molar-refractivity contribution in [3.8, 4) is 0 Å². The standard InChI is InChI=1S/C7H9Br/c8-7-4-5-1-2-6(7)3-5/h4-6H,1-3H2/t5-,6+/m0/s1. The largest absolute Gasteiger partial charge is 0.0709 e. The summed E-state index contributed by atoms with van der Waals surface area (Å²) >= 11 is 3.56. The van der Waals surface area contributed by atoms with Crippen molar-refractivity contribution < 1.29 is 0 Å². The Labute approximate surface area is 58.1 Å². The van der Waals surface area contributed by atoms with Crippen molar-refractivity contribution in [1.29, 1.82) is 0 Å². The fourth-order valence-electron chi connectivity index (χ4n) is 1.78. The molecule has 0 saturated heterocycles. The van der Waals surface area contributed by atoms with Crippen molar-refractivity contribution in [1.82, 2.24) is 0 Å². The van der Waals surface area contributed by atoms with Crippen molar-refractivity contribution >= 4 is 15.9 Å². The first kappa shape index (κ1) is 5.04. The molecule has 0 heterocycles. The van der Waals surface area contributed by atoms with Crippen LogP contribution in [0.15, 0.2) is 10.6 Å². The molecule has 0 spiro atoms. The quantitative estimate of drug-likeness (QED) is 0.528. The lowest BCUT2D eigenvalue weighted by Crippen LogP contribution is -1.88. The minimum absolute atomic E-state index is 0.917. The van der Waals surface area contributed by atoms with Crippen molar-refractivity contribution in [3.05, 3.63) is 10.6 Å². The summed E-state index contributed by atoms with van der Waals surface area (Å²) in [6, 6.07) is 0. The van der Waals surface area contributed by atoms with Crippen LogP contribution in [0.25, 0.3) is 0 Å². The van der Waals surface area contributed by atoms with Crippen LogP contribution in [0.3, 0.4) is 0 Å². The van der Waals surface area contributed by atoms with E-state index in [1.165, 1.54) is 23.7 Å². The average Bonchev–Trinajstić information content (AvgIpc) is 2.23. The fraction of sp³-hybridized carbons (Fsp3) is 0.714. The summed E-state index contributed by atoms with van der Waals surface area (Å²) in [4.78, 5) is 0. The van der Waals surface area contributed by atoms with Gasteiger partial charge in [0.25, 0.3) is 0 Å². The summed E-state index contributed by atoms with van der Waals surface area (Å²) < 4.78 is 1.48. The van der Waals surface area contributed by atoms with E-state index in [0.717, 1.165) is 11.8 Å². The van der Waals surface area contributed by atoms with Gasteiger partial charge in [-0.1, -0.05) is 22.0 Å². The molecule has 44 valence electrons. The molecule has 2 aliphatic carbocycles. The van der Waals surface area contributed by atoms with Crippen LogP contribution in [0.5, 0.6) is 0 Å². The van der Waals surface area contributed by atoms with Crippen molar-refractivity contribution in [2.24, 2.45) is 11.8 Å². The second kappa shape index (κ2) is 1.60. The molecule has 0 nitrogen and oxygen atoms in total. The van der Waals surface area contributed by atoms with Gasteiger partial charge in [0.05, 0.1) is 0 Å². The monoisotopic (exact) mass is 172 g/mol. The third kappa shape index (κ3) is 0.572. The van der Waals surface area contributed by atoms with Crippen LogP contribution < -0.4 is 0 Å². The van der Waals surface area contributed by atoms with E-state index < -0.39 is 0 Å². The van der Waals surface area contributed by atoms with Gasteiger partial charge in [0.15, 0.2) is 0 Å². The first-order chi connectivity index (χ1) is 3.86. The maximum atomic E-state index is 3.56. The Morgan fingerprint density at radius 1 is 1.50 bits per heavy atom. The minimum atomic E-state index is 0.917. The lowest BCUT2D eigenvalue weighted by Gasteiger charge is -2.03. The van der Waals surface area contributed by atoms with Gasteiger partial charge in [-0.3, -0.25) is 0 Å². The highest BCUT2D eigenvalue weighted by Crippen LogP contribution is 2.45. The highest BCUT2D eigenvalue weighted by Gasteiger charge is 2.30. The molecule has 1 saturated carbocycles. The van der Waals surface area contributed by atoms with Gasteiger partial charge in [-0.15, -0.1) is 0 Å². The Kier molecular flexibility index (Phi) is 1.01. The van der Waals surface area contributed by atoms with Gasteiger partial charge in [-0.05, 0) is 35.6 Å². The average molecular weight is 173 g/mol. The van der Waals surface area contributed by atoms with Crippen LogP contribution in [0.2, 0.25) is 0 Å². The smallest absolute Gasteiger partial charge is 0.00552 e. The molecule has 2 atom stereocenters. The van der Waals surface area contributed by atoms with Crippen LogP contribution in [0, 0.1) is 11.8 Å². The third-order valence-electron chi connectivity index (χ3n) is 2.26. The molecule has 2 bridgehead atoms. The molecule has 8 heavy (non-hydrogen) atoms. The van der Waals surface area contributed by atoms with Gasteiger partial charge >= 0.3 is 0 Å². The number of halogens is 1. The van der Waals surface area contributed by atoms with Gasteiger partial charge in [0.2, 0.25) is 0 Å². The number of hydrogen-bond acceptors (Lipinski definition) is 0. The summed E-state index contributed by atoms with van der Waals surface area (Å²) in [5.74, 6) is 1.86. The molecule has 1 fully saturated rings. The molecule has 1 heteroatoms. The zero-order valence-electron chi connectivity index (χ0n) is 4.73. The predicted molar refractivity (Wildman–Crippen MR) is 37.8 cm³/mol. The summed E-state index contributed by atoms with van der Waals surface area (Å²) in [5, 5.41) is 0. The SMILES string of the molecule is BrC1=C[C@H]2CC[C@@H]1C2. The van der Waals surface area contributed by atoms with Gasteiger partial charge in [0, 0.05) is 0 Å². The van der Waals surface area contributed by atoms with Crippen molar-refractivity contribution in [3.63, 3.8) is 0 Å². The van der Waals surface area contributed by atoms with Crippen molar-refractivity contribution in [2.75, 3.05) is 0 Å². The minimum Gasteiger partial charge on any atom is -0.0709 e. The van der Waals surface area contributed by atoms with E-state index in [4.69, 9.17) is 0 Å². The Hall–Kier alpha value is 0.220. The maximum Gasteiger partial charge on any atom is -0.00552 e. The molecule has 2 aliphatic rings. The zero-order valence-corrected chi connectivity index (χ0v) is 6.32. The predicted octanol–water partition coefficient (Wildman–Crippen LogP) is 2.70. The van der Waals surface area contributed by atoms with Crippen LogP contribution in [-0.4, -0.2) is 0 Å². The molecule has 0 N–H and O–H groups in total. The fourth-order valence-corrected chi connectivity index (χ4v) is 2.57. The molecular formula is C7H9Br. The molecule has 0 amide bonds. The Bertz CT molecular complexity index is 137. The van der Waals surface area contributed by atoms with Crippen LogP contribution in [-0.2, 0) is 0 Å². The van der Waals surface area contributed by atoms with Gasteiger partial charge in [0.1, 0.15) is 0 Å². The number of fused-ring (bicyclic) bond motifs is 2. The Balaban J connectivity index is 2.29. The summed E-state index contributed by atoms with van der Waals surface area (Å²) in [5.41, 5.74) is 0. The number of rotatable bonds is 0. The molecule has 0 aromatic rings. The molecular weight excluding hydrogens is 164 g/mol. The van der Waals surface area contributed by atoms with Crippen LogP contribution >= 0.6 is 15.9 Å². The van der Waals surface area contributed by atoms with E-state index in [-0.39, 0.29) is 0 Å². The number of allylic oxidation sites excluding steroid dienone is 2. The van der Waals surface area contributed by atoms with Crippen LogP contribution in [0.4, 0.5) is 0 Å². The topological polar surface area (TPSA) is 0 Å². The van der Waals surface area contributed by atoms with E-state index in [9.17, 15) is 0 Å². The van der Waals surface area contributed by atoms with Crippen molar-refractivity contribution in [2.45, 2.75) is 19.3 Å². The maximum absolute atomic E-state index is 3.56. The second-order valence-electron chi connectivity index (χ2n) is 2.82. The molecule has 0 radical (unpaired) electrons. The molecule has 0 aliphatic heterocycles. The normalized spacial score (nSPS) is 42.9. The van der Waals surface area contributed by atoms with Gasteiger partial charge < -0.3 is 0 Å². The van der Waals surface area contributed by atoms with E-state index in [0.29, 0.717) is 0 Å². The highest BCUT2D eigenvalue weighted by molar-refractivity contribution is 9.11. The van der Waals surface area contributed by atoms with Crippen LogP contribution in [0.1, 0.15) is 19.3 Å². The summed E-state index contributed by atoms with van der Waals surface area (Å²) in [7, 11) is 0. The second-order valence-corrected chi connectivity index (χ2v) is 3.74. The third-order valence-corrected chi connectivity index (χ3v) is 3.17. The lowest BCUT2D eigenvalue weighted by molar-refractivity contribution is 0.688. The zero-order chi connectivity index (χ0) is 5.56. The van der Waals surface area contributed by atoms with E-state index in [1.807, 2.05) is 0 Å². The summed E-state index contributed by atoms with van der Waals surface area (Å²) in [6.45, 7) is 0. The van der Waals surface area contributed by atoms with E-state index in [2.05, 4.69) is 22.0 Å².